The average Bonchev–Trinajstić information content (AvgIpc) is 2.88. The molecule has 3 rings (SSSR count). The lowest BCUT2D eigenvalue weighted by Crippen LogP contribution is -2.17. The summed E-state index contributed by atoms with van der Waals surface area (Å²) in [5.41, 5.74) is 0.643. The first-order valence-corrected chi connectivity index (χ1v) is 7.26. The van der Waals surface area contributed by atoms with Gasteiger partial charge in [0.25, 0.3) is 0 Å². The largest absolute Gasteiger partial charge is 0.338 e. The van der Waals surface area contributed by atoms with Crippen LogP contribution in [-0.2, 0) is 4.79 Å². The van der Waals surface area contributed by atoms with Crippen LogP contribution in [0.4, 0.5) is 4.39 Å². The molecule has 1 unspecified atom stereocenters. The van der Waals surface area contributed by atoms with E-state index < -0.39 is 0 Å². The molecule has 1 fully saturated rings. The Kier molecular flexibility index (Phi) is 3.65. The Morgan fingerprint density at radius 1 is 1.35 bits per heavy atom. The lowest BCUT2D eigenvalue weighted by atomic mass is 9.88. The zero-order valence-electron chi connectivity index (χ0n) is 10.6. The molecule has 0 N–H and O–H groups in total. The summed E-state index contributed by atoms with van der Waals surface area (Å²) >= 11 is 3.27. The van der Waals surface area contributed by atoms with Crippen molar-refractivity contribution >= 4 is 21.7 Å². The van der Waals surface area contributed by atoms with E-state index in [-0.39, 0.29) is 17.5 Å². The van der Waals surface area contributed by atoms with Gasteiger partial charge in [-0.05, 0) is 47.0 Å². The molecular formula is C14H12BrFN2O2. The minimum absolute atomic E-state index is 0.157. The Morgan fingerprint density at radius 3 is 2.95 bits per heavy atom. The SMILES string of the molecule is O=C1CCCCC1c1nc(-c2ccc(F)cc2Br)no1. The Hall–Kier alpha value is -1.56. The molecule has 6 heteroatoms. The molecule has 104 valence electrons. The Morgan fingerprint density at radius 2 is 2.20 bits per heavy atom. The quantitative estimate of drug-likeness (QED) is 0.834. The fourth-order valence-electron chi connectivity index (χ4n) is 2.40. The zero-order valence-corrected chi connectivity index (χ0v) is 12.2. The van der Waals surface area contributed by atoms with E-state index in [2.05, 4.69) is 26.1 Å². The molecule has 1 aromatic carbocycles. The van der Waals surface area contributed by atoms with Gasteiger partial charge in [-0.3, -0.25) is 4.79 Å². The van der Waals surface area contributed by atoms with Gasteiger partial charge in [0.2, 0.25) is 11.7 Å². The third-order valence-corrected chi connectivity index (χ3v) is 4.12. The van der Waals surface area contributed by atoms with Gasteiger partial charge in [0.15, 0.2) is 0 Å². The molecule has 4 nitrogen and oxygen atoms in total. The van der Waals surface area contributed by atoms with Crippen molar-refractivity contribution < 1.29 is 13.7 Å². The lowest BCUT2D eigenvalue weighted by molar-refractivity contribution is -0.122. The van der Waals surface area contributed by atoms with E-state index in [4.69, 9.17) is 4.52 Å². The molecule has 1 aromatic heterocycles. The number of Topliss-reactive ketones (excluding diaryl/α,β-unsaturated/α-hetero) is 1. The van der Waals surface area contributed by atoms with Gasteiger partial charge in [-0.25, -0.2) is 4.39 Å². The van der Waals surface area contributed by atoms with Crippen LogP contribution in [-0.4, -0.2) is 15.9 Å². The summed E-state index contributed by atoms with van der Waals surface area (Å²) in [5, 5.41) is 3.90. The summed E-state index contributed by atoms with van der Waals surface area (Å²) in [6, 6.07) is 4.26. The van der Waals surface area contributed by atoms with Gasteiger partial charge in [-0.15, -0.1) is 0 Å². The number of carbonyl (C=O) groups excluding carboxylic acids is 1. The van der Waals surface area contributed by atoms with Crippen LogP contribution >= 0.6 is 15.9 Å². The molecule has 0 bridgehead atoms. The summed E-state index contributed by atoms with van der Waals surface area (Å²) in [6.45, 7) is 0. The smallest absolute Gasteiger partial charge is 0.237 e. The van der Waals surface area contributed by atoms with Crippen molar-refractivity contribution in [2.75, 3.05) is 0 Å². The molecule has 1 atom stereocenters. The van der Waals surface area contributed by atoms with Crippen LogP contribution in [0, 0.1) is 5.82 Å². The topological polar surface area (TPSA) is 56.0 Å². The highest BCUT2D eigenvalue weighted by Gasteiger charge is 2.29. The summed E-state index contributed by atoms with van der Waals surface area (Å²) in [6.07, 6.45) is 3.25. The first-order valence-electron chi connectivity index (χ1n) is 6.47. The van der Waals surface area contributed by atoms with E-state index in [0.717, 1.165) is 19.3 Å². The van der Waals surface area contributed by atoms with Crippen molar-refractivity contribution in [3.63, 3.8) is 0 Å². The average molecular weight is 339 g/mol. The summed E-state index contributed by atoms with van der Waals surface area (Å²) < 4.78 is 18.8. The molecule has 0 radical (unpaired) electrons. The normalized spacial score (nSPS) is 19.3. The van der Waals surface area contributed by atoms with E-state index in [9.17, 15) is 9.18 Å². The Bertz CT molecular complexity index is 656. The van der Waals surface area contributed by atoms with Crippen molar-refractivity contribution in [2.24, 2.45) is 0 Å². The maximum Gasteiger partial charge on any atom is 0.237 e. The van der Waals surface area contributed by atoms with Gasteiger partial charge in [0.05, 0.1) is 5.92 Å². The Balaban J connectivity index is 1.91. The maximum atomic E-state index is 13.1. The highest BCUT2D eigenvalue weighted by Crippen LogP contribution is 2.32. The number of ketones is 1. The van der Waals surface area contributed by atoms with E-state index in [1.165, 1.54) is 12.1 Å². The second-order valence-electron chi connectivity index (χ2n) is 4.85. The molecule has 1 aliphatic carbocycles. The van der Waals surface area contributed by atoms with Crippen molar-refractivity contribution in [2.45, 2.75) is 31.6 Å². The van der Waals surface area contributed by atoms with Crippen LogP contribution in [0.25, 0.3) is 11.4 Å². The molecular weight excluding hydrogens is 327 g/mol. The molecule has 0 aliphatic heterocycles. The summed E-state index contributed by atoms with van der Waals surface area (Å²) in [7, 11) is 0. The van der Waals surface area contributed by atoms with E-state index >= 15 is 0 Å². The number of hydrogen-bond acceptors (Lipinski definition) is 4. The summed E-state index contributed by atoms with van der Waals surface area (Å²) in [5.74, 6) is 0.256. The standard InChI is InChI=1S/C14H12BrFN2O2/c15-11-7-8(16)5-6-9(11)13-17-14(20-18-13)10-3-1-2-4-12(10)19/h5-7,10H,1-4H2. The minimum atomic E-state index is -0.341. The van der Waals surface area contributed by atoms with E-state index in [1.807, 2.05) is 0 Å². The predicted molar refractivity (Wildman–Crippen MR) is 73.6 cm³/mol. The Labute approximate surface area is 123 Å². The molecule has 0 spiro atoms. The molecule has 2 aromatic rings. The van der Waals surface area contributed by atoms with Gasteiger partial charge in [-0.2, -0.15) is 4.98 Å². The van der Waals surface area contributed by atoms with Crippen LogP contribution in [0.2, 0.25) is 0 Å². The van der Waals surface area contributed by atoms with Gasteiger partial charge in [0.1, 0.15) is 11.6 Å². The van der Waals surface area contributed by atoms with Gasteiger partial charge in [0, 0.05) is 16.5 Å². The van der Waals surface area contributed by atoms with Crippen LogP contribution in [0.5, 0.6) is 0 Å². The number of halogens is 2. The molecule has 0 amide bonds. The van der Waals surface area contributed by atoms with Crippen LogP contribution in [0.15, 0.2) is 27.2 Å². The lowest BCUT2D eigenvalue weighted by Gasteiger charge is -2.16. The zero-order chi connectivity index (χ0) is 14.1. The fourth-order valence-corrected chi connectivity index (χ4v) is 2.93. The second-order valence-corrected chi connectivity index (χ2v) is 5.70. The van der Waals surface area contributed by atoms with Gasteiger partial charge >= 0.3 is 0 Å². The molecule has 1 saturated carbocycles. The number of carbonyl (C=O) groups is 1. The highest BCUT2D eigenvalue weighted by atomic mass is 79.9. The first kappa shape index (κ1) is 13.4. The maximum absolute atomic E-state index is 13.1. The van der Waals surface area contributed by atoms with Crippen molar-refractivity contribution in [1.29, 1.82) is 0 Å². The number of aromatic nitrogens is 2. The number of benzene rings is 1. The predicted octanol–water partition coefficient (Wildman–Crippen LogP) is 3.86. The number of rotatable bonds is 2. The third-order valence-electron chi connectivity index (χ3n) is 3.47. The monoisotopic (exact) mass is 338 g/mol. The van der Waals surface area contributed by atoms with Crippen molar-refractivity contribution in [3.05, 3.63) is 34.4 Å². The minimum Gasteiger partial charge on any atom is -0.338 e. The number of hydrogen-bond donors (Lipinski definition) is 0. The molecule has 1 heterocycles. The van der Waals surface area contributed by atoms with E-state index in [1.54, 1.807) is 6.07 Å². The van der Waals surface area contributed by atoms with Crippen molar-refractivity contribution in [3.8, 4) is 11.4 Å². The summed E-state index contributed by atoms with van der Waals surface area (Å²) in [4.78, 5) is 16.2. The highest BCUT2D eigenvalue weighted by molar-refractivity contribution is 9.10. The third kappa shape index (κ3) is 2.52. The van der Waals surface area contributed by atoms with Gasteiger partial charge in [-0.1, -0.05) is 11.6 Å². The first-order chi connectivity index (χ1) is 9.65. The fraction of sp³-hybridized carbons (Fsp3) is 0.357. The van der Waals surface area contributed by atoms with Crippen LogP contribution < -0.4 is 0 Å². The number of nitrogens with zero attached hydrogens (tertiary/aromatic N) is 2. The molecule has 0 saturated heterocycles. The molecule has 20 heavy (non-hydrogen) atoms. The van der Waals surface area contributed by atoms with Gasteiger partial charge < -0.3 is 4.52 Å². The second kappa shape index (κ2) is 5.44. The van der Waals surface area contributed by atoms with Crippen LogP contribution in [0.1, 0.15) is 37.5 Å². The van der Waals surface area contributed by atoms with Crippen molar-refractivity contribution in [1.82, 2.24) is 10.1 Å². The molecule has 1 aliphatic rings. The van der Waals surface area contributed by atoms with E-state index in [0.29, 0.717) is 28.2 Å². The van der Waals surface area contributed by atoms with Crippen LogP contribution in [0.3, 0.4) is 0 Å².